The van der Waals surface area contributed by atoms with Crippen LogP contribution in [0, 0.1) is 5.82 Å². The Balaban J connectivity index is 2.12. The van der Waals surface area contributed by atoms with E-state index in [9.17, 15) is 14.0 Å². The second-order valence-electron chi connectivity index (χ2n) is 5.80. The van der Waals surface area contributed by atoms with Gasteiger partial charge in [0.05, 0.1) is 23.5 Å². The molecule has 2 amide bonds. The fourth-order valence-corrected chi connectivity index (χ4v) is 2.86. The molecule has 5 nitrogen and oxygen atoms in total. The summed E-state index contributed by atoms with van der Waals surface area (Å²) in [6.45, 7) is 2.06. The van der Waals surface area contributed by atoms with Crippen molar-refractivity contribution in [2.24, 2.45) is 10.7 Å². The summed E-state index contributed by atoms with van der Waals surface area (Å²) in [6, 6.07) is 12.9. The Bertz CT molecular complexity index is 917. The number of benzene rings is 2. The third kappa shape index (κ3) is 3.32. The molecule has 2 aromatic carbocycles. The third-order valence-electron chi connectivity index (χ3n) is 4.02. The first-order valence-electron chi connectivity index (χ1n) is 8.19. The van der Waals surface area contributed by atoms with E-state index in [0.717, 1.165) is 4.90 Å². The van der Waals surface area contributed by atoms with Crippen LogP contribution in [0.15, 0.2) is 59.6 Å². The molecular weight excluding hydrogens is 333 g/mol. The maximum Gasteiger partial charge on any atom is 0.265 e. The highest BCUT2D eigenvalue weighted by Gasteiger charge is 2.34. The highest BCUT2D eigenvalue weighted by molar-refractivity contribution is 6.41. The highest BCUT2D eigenvalue weighted by Crippen LogP contribution is 2.36. The Morgan fingerprint density at radius 1 is 1.19 bits per heavy atom. The van der Waals surface area contributed by atoms with Crippen molar-refractivity contribution in [1.82, 2.24) is 0 Å². The number of carbonyl (C=O) groups excluding carboxylic acids is 2. The molecule has 0 atom stereocenters. The molecule has 1 aliphatic heterocycles. The van der Waals surface area contributed by atoms with E-state index in [4.69, 9.17) is 5.73 Å². The average Bonchev–Trinajstić information content (AvgIpc) is 2.91. The smallest absolute Gasteiger partial charge is 0.265 e. The summed E-state index contributed by atoms with van der Waals surface area (Å²) in [7, 11) is 0. The number of aliphatic imine (C=N–C) groups is 1. The number of nitrogens with two attached hydrogens (primary N) is 1. The topological polar surface area (TPSA) is 75.8 Å². The van der Waals surface area contributed by atoms with E-state index < -0.39 is 5.91 Å². The minimum atomic E-state index is -0.402. The Morgan fingerprint density at radius 3 is 2.54 bits per heavy atom. The highest BCUT2D eigenvalue weighted by atomic mass is 19.1. The molecule has 0 unspecified atom stereocenters. The maximum atomic E-state index is 13.2. The molecule has 2 aromatic rings. The standard InChI is InChI=1S/C20H18FN3O2/c1-13(25)24-19-5-3-2-4-16(19)17(20(24)26)12-18(23-11-10-22)14-6-8-15(21)9-7-14/h2-9,12H,10-11,22H2,1H3/b17-12-,23-18?. The number of amides is 2. The number of para-hydroxylation sites is 1. The molecule has 0 radical (unpaired) electrons. The lowest BCUT2D eigenvalue weighted by atomic mass is 10.0. The van der Waals surface area contributed by atoms with Gasteiger partial charge in [0.1, 0.15) is 5.82 Å². The van der Waals surface area contributed by atoms with Gasteiger partial charge in [-0.3, -0.25) is 14.6 Å². The summed E-state index contributed by atoms with van der Waals surface area (Å²) in [4.78, 5) is 30.3. The number of halogens is 1. The van der Waals surface area contributed by atoms with Crippen molar-refractivity contribution in [1.29, 1.82) is 0 Å². The zero-order valence-electron chi connectivity index (χ0n) is 14.3. The van der Waals surface area contributed by atoms with Crippen LogP contribution in [-0.2, 0) is 9.59 Å². The Morgan fingerprint density at radius 2 is 1.88 bits per heavy atom. The quantitative estimate of drug-likeness (QED) is 0.679. The van der Waals surface area contributed by atoms with Gasteiger partial charge in [-0.15, -0.1) is 0 Å². The van der Waals surface area contributed by atoms with E-state index in [1.54, 1.807) is 42.5 Å². The van der Waals surface area contributed by atoms with Crippen LogP contribution in [0.4, 0.5) is 10.1 Å². The van der Waals surface area contributed by atoms with Gasteiger partial charge < -0.3 is 5.73 Å². The van der Waals surface area contributed by atoms with Crippen molar-refractivity contribution < 1.29 is 14.0 Å². The second-order valence-corrected chi connectivity index (χ2v) is 5.80. The fourth-order valence-electron chi connectivity index (χ4n) is 2.86. The van der Waals surface area contributed by atoms with E-state index in [1.165, 1.54) is 19.1 Å². The zero-order chi connectivity index (χ0) is 18.7. The minimum Gasteiger partial charge on any atom is -0.329 e. The molecule has 0 spiro atoms. The summed E-state index contributed by atoms with van der Waals surface area (Å²) in [5, 5.41) is 0. The molecule has 1 heterocycles. The minimum absolute atomic E-state index is 0.345. The fraction of sp³-hybridized carbons (Fsp3) is 0.150. The van der Waals surface area contributed by atoms with Gasteiger partial charge in [-0.2, -0.15) is 0 Å². The normalized spacial score (nSPS) is 15.5. The van der Waals surface area contributed by atoms with Crippen LogP contribution in [0.2, 0.25) is 0 Å². The lowest BCUT2D eigenvalue weighted by Crippen LogP contribution is -2.31. The van der Waals surface area contributed by atoms with Crippen molar-refractivity contribution in [2.45, 2.75) is 6.92 Å². The van der Waals surface area contributed by atoms with Gasteiger partial charge in [0.15, 0.2) is 0 Å². The predicted molar refractivity (Wildman–Crippen MR) is 99.4 cm³/mol. The van der Waals surface area contributed by atoms with Crippen LogP contribution < -0.4 is 10.6 Å². The number of hydrogen-bond donors (Lipinski definition) is 1. The first kappa shape index (κ1) is 17.7. The SMILES string of the molecule is CC(=O)N1C(=O)/C(=C\C(=NCCN)c2ccc(F)cc2)c2ccccc21. The molecule has 0 saturated carbocycles. The molecule has 0 aliphatic carbocycles. The Kier molecular flexibility index (Phi) is 5.04. The molecule has 132 valence electrons. The molecule has 0 fully saturated rings. The van der Waals surface area contributed by atoms with Crippen LogP contribution >= 0.6 is 0 Å². The van der Waals surface area contributed by atoms with Crippen LogP contribution in [0.5, 0.6) is 0 Å². The summed E-state index contributed by atoms with van der Waals surface area (Å²) in [5.41, 5.74) is 8.31. The molecule has 3 rings (SSSR count). The van der Waals surface area contributed by atoms with Crippen LogP contribution in [0.3, 0.4) is 0 Å². The summed E-state index contributed by atoms with van der Waals surface area (Å²) in [5.74, 6) is -1.11. The van der Waals surface area contributed by atoms with E-state index >= 15 is 0 Å². The van der Waals surface area contributed by atoms with Crippen molar-refractivity contribution in [3.05, 3.63) is 71.6 Å². The molecule has 6 heteroatoms. The van der Waals surface area contributed by atoms with Crippen molar-refractivity contribution >= 4 is 28.8 Å². The van der Waals surface area contributed by atoms with E-state index in [-0.39, 0.29) is 11.7 Å². The number of nitrogens with zero attached hydrogens (tertiary/aromatic N) is 2. The summed E-state index contributed by atoms with van der Waals surface area (Å²) < 4.78 is 13.2. The first-order chi connectivity index (χ1) is 12.5. The van der Waals surface area contributed by atoms with E-state index in [2.05, 4.69) is 4.99 Å². The molecule has 0 bridgehead atoms. The van der Waals surface area contributed by atoms with Gasteiger partial charge in [0.25, 0.3) is 5.91 Å². The monoisotopic (exact) mass is 351 g/mol. The van der Waals surface area contributed by atoms with Gasteiger partial charge in [-0.05, 0) is 42.0 Å². The lowest BCUT2D eigenvalue weighted by molar-refractivity contribution is -0.122. The maximum absolute atomic E-state index is 13.2. The summed E-state index contributed by atoms with van der Waals surface area (Å²) >= 11 is 0. The summed E-state index contributed by atoms with van der Waals surface area (Å²) in [6.07, 6.45) is 1.63. The molecule has 2 N–H and O–H groups in total. The average molecular weight is 351 g/mol. The van der Waals surface area contributed by atoms with Gasteiger partial charge in [-0.25, -0.2) is 9.29 Å². The van der Waals surface area contributed by atoms with Crippen LogP contribution in [0.25, 0.3) is 5.57 Å². The molecule has 1 aliphatic rings. The number of carbonyl (C=O) groups is 2. The van der Waals surface area contributed by atoms with Crippen LogP contribution in [-0.4, -0.2) is 30.6 Å². The van der Waals surface area contributed by atoms with Crippen molar-refractivity contribution in [3.8, 4) is 0 Å². The molecule has 0 saturated heterocycles. The van der Waals surface area contributed by atoms with Gasteiger partial charge in [0.2, 0.25) is 5.91 Å². The number of fused-ring (bicyclic) bond motifs is 1. The van der Waals surface area contributed by atoms with Gasteiger partial charge >= 0.3 is 0 Å². The Labute approximate surface area is 150 Å². The zero-order valence-corrected chi connectivity index (χ0v) is 14.3. The lowest BCUT2D eigenvalue weighted by Gasteiger charge is -2.11. The van der Waals surface area contributed by atoms with Gasteiger partial charge in [0, 0.05) is 19.0 Å². The van der Waals surface area contributed by atoms with Gasteiger partial charge in [-0.1, -0.05) is 18.2 Å². The molecular formula is C20H18FN3O2. The Hall–Kier alpha value is -3.12. The number of rotatable bonds is 4. The van der Waals surface area contributed by atoms with E-state index in [0.29, 0.717) is 41.2 Å². The number of anilines is 1. The van der Waals surface area contributed by atoms with E-state index in [1.807, 2.05) is 0 Å². The number of allylic oxidation sites excluding steroid dienone is 1. The third-order valence-corrected chi connectivity index (χ3v) is 4.02. The number of imide groups is 1. The van der Waals surface area contributed by atoms with Crippen molar-refractivity contribution in [3.63, 3.8) is 0 Å². The molecule has 0 aromatic heterocycles. The number of hydrogen-bond acceptors (Lipinski definition) is 4. The largest absolute Gasteiger partial charge is 0.329 e. The molecule has 26 heavy (non-hydrogen) atoms. The second kappa shape index (κ2) is 7.41. The first-order valence-corrected chi connectivity index (χ1v) is 8.19. The van der Waals surface area contributed by atoms with Crippen LogP contribution in [0.1, 0.15) is 18.1 Å². The van der Waals surface area contributed by atoms with Crippen molar-refractivity contribution in [2.75, 3.05) is 18.0 Å². The predicted octanol–water partition coefficient (Wildman–Crippen LogP) is 2.55.